The Hall–Kier alpha value is -3.24. The molecule has 2 heterocycles. The van der Waals surface area contributed by atoms with Crippen LogP contribution in [-0.4, -0.2) is 25.7 Å². The van der Waals surface area contributed by atoms with E-state index in [1.165, 1.54) is 0 Å². The van der Waals surface area contributed by atoms with Crippen LogP contribution in [0.3, 0.4) is 0 Å². The monoisotopic (exact) mass is 355 g/mol. The molecule has 0 aliphatic rings. The maximum absolute atomic E-state index is 10.6. The van der Waals surface area contributed by atoms with Crippen molar-refractivity contribution in [2.24, 2.45) is 0 Å². The van der Waals surface area contributed by atoms with E-state index in [9.17, 15) is 5.11 Å². The van der Waals surface area contributed by atoms with E-state index in [1.54, 1.807) is 12.4 Å². The molecule has 2 aromatic heterocycles. The highest BCUT2D eigenvalue weighted by molar-refractivity contribution is 5.78. The average molecular weight is 355 g/mol. The van der Waals surface area contributed by atoms with Crippen LogP contribution in [0.4, 0.5) is 0 Å². The summed E-state index contributed by atoms with van der Waals surface area (Å²) in [5.41, 5.74) is 5.12. The van der Waals surface area contributed by atoms with Crippen molar-refractivity contribution in [3.63, 3.8) is 0 Å². The van der Waals surface area contributed by atoms with Gasteiger partial charge < -0.3 is 9.67 Å². The lowest BCUT2D eigenvalue weighted by Gasteiger charge is -2.15. The Kier molecular flexibility index (Phi) is 5.08. The predicted octanol–water partition coefficient (Wildman–Crippen LogP) is 4.22. The molecule has 0 radical (unpaired) electrons. The van der Waals surface area contributed by atoms with Crippen LogP contribution in [-0.2, 0) is 13.0 Å². The van der Waals surface area contributed by atoms with Crippen LogP contribution in [0.2, 0.25) is 0 Å². The summed E-state index contributed by atoms with van der Waals surface area (Å²) in [4.78, 5) is 8.78. The molecule has 0 aliphatic carbocycles. The first kappa shape index (κ1) is 17.2. The maximum atomic E-state index is 10.6. The molecule has 0 fully saturated rings. The van der Waals surface area contributed by atoms with Gasteiger partial charge in [-0.15, -0.1) is 0 Å². The van der Waals surface area contributed by atoms with E-state index in [2.05, 4.69) is 22.1 Å². The number of aliphatic hydroxyl groups is 1. The molecule has 134 valence electrons. The quantitative estimate of drug-likeness (QED) is 0.563. The van der Waals surface area contributed by atoms with Gasteiger partial charge >= 0.3 is 0 Å². The molecule has 0 amide bonds. The van der Waals surface area contributed by atoms with Crippen molar-refractivity contribution in [1.29, 1.82) is 0 Å². The fourth-order valence-corrected chi connectivity index (χ4v) is 3.32. The van der Waals surface area contributed by atoms with E-state index < -0.39 is 6.10 Å². The van der Waals surface area contributed by atoms with Crippen LogP contribution in [0.5, 0.6) is 0 Å². The number of pyridine rings is 1. The molecular formula is C23H21N3O. The zero-order valence-electron chi connectivity index (χ0n) is 14.9. The Labute approximate surface area is 158 Å². The van der Waals surface area contributed by atoms with Gasteiger partial charge in [0.25, 0.3) is 0 Å². The molecule has 27 heavy (non-hydrogen) atoms. The van der Waals surface area contributed by atoms with Gasteiger partial charge in [-0.25, -0.2) is 4.98 Å². The van der Waals surface area contributed by atoms with Crippen molar-refractivity contribution in [1.82, 2.24) is 14.5 Å². The SMILES string of the molecule is OC(Cc1ccccc1)Cn1cnc(-c2ccccc2)c1-c1ccncc1. The molecule has 4 heteroatoms. The van der Waals surface area contributed by atoms with E-state index >= 15 is 0 Å². The molecule has 0 bridgehead atoms. The average Bonchev–Trinajstić information content (AvgIpc) is 3.13. The van der Waals surface area contributed by atoms with Crippen LogP contribution in [0.15, 0.2) is 91.5 Å². The van der Waals surface area contributed by atoms with Crippen molar-refractivity contribution in [2.75, 3.05) is 0 Å². The van der Waals surface area contributed by atoms with Crippen LogP contribution in [0.1, 0.15) is 5.56 Å². The minimum Gasteiger partial charge on any atom is -0.391 e. The van der Waals surface area contributed by atoms with Gasteiger partial charge in [0.2, 0.25) is 0 Å². The van der Waals surface area contributed by atoms with Crippen molar-refractivity contribution in [3.8, 4) is 22.5 Å². The summed E-state index contributed by atoms with van der Waals surface area (Å²) in [6, 6.07) is 24.1. The number of imidazole rings is 1. The number of nitrogens with zero attached hydrogens (tertiary/aromatic N) is 3. The number of hydrogen-bond donors (Lipinski definition) is 1. The van der Waals surface area contributed by atoms with Crippen LogP contribution >= 0.6 is 0 Å². The minimum atomic E-state index is -0.495. The van der Waals surface area contributed by atoms with E-state index in [0.717, 1.165) is 28.1 Å². The van der Waals surface area contributed by atoms with Crippen LogP contribution in [0, 0.1) is 0 Å². The normalized spacial score (nSPS) is 12.0. The molecule has 0 saturated carbocycles. The fourth-order valence-electron chi connectivity index (χ4n) is 3.32. The summed E-state index contributed by atoms with van der Waals surface area (Å²) < 4.78 is 2.03. The number of rotatable bonds is 6. The van der Waals surface area contributed by atoms with E-state index in [1.807, 2.05) is 71.6 Å². The summed E-state index contributed by atoms with van der Waals surface area (Å²) in [7, 11) is 0. The molecule has 1 unspecified atom stereocenters. The summed E-state index contributed by atoms with van der Waals surface area (Å²) >= 11 is 0. The smallest absolute Gasteiger partial charge is 0.0963 e. The molecule has 0 aliphatic heterocycles. The Balaban J connectivity index is 1.67. The summed E-state index contributed by atoms with van der Waals surface area (Å²) in [5.74, 6) is 0. The number of hydrogen-bond acceptors (Lipinski definition) is 3. The maximum Gasteiger partial charge on any atom is 0.0963 e. The Morgan fingerprint density at radius 3 is 2.19 bits per heavy atom. The lowest BCUT2D eigenvalue weighted by molar-refractivity contribution is 0.155. The van der Waals surface area contributed by atoms with E-state index in [0.29, 0.717) is 13.0 Å². The zero-order valence-corrected chi connectivity index (χ0v) is 14.9. The van der Waals surface area contributed by atoms with Crippen molar-refractivity contribution in [2.45, 2.75) is 19.1 Å². The van der Waals surface area contributed by atoms with E-state index in [4.69, 9.17) is 0 Å². The molecule has 1 N–H and O–H groups in total. The molecule has 2 aromatic carbocycles. The van der Waals surface area contributed by atoms with Gasteiger partial charge in [0.15, 0.2) is 0 Å². The summed E-state index contributed by atoms with van der Waals surface area (Å²) in [5, 5.41) is 10.6. The molecule has 4 aromatic rings. The Morgan fingerprint density at radius 2 is 1.48 bits per heavy atom. The van der Waals surface area contributed by atoms with Gasteiger partial charge in [0, 0.05) is 29.9 Å². The topological polar surface area (TPSA) is 50.9 Å². The van der Waals surface area contributed by atoms with Crippen molar-refractivity contribution < 1.29 is 5.11 Å². The third-order valence-corrected chi connectivity index (χ3v) is 4.56. The largest absolute Gasteiger partial charge is 0.391 e. The first-order valence-corrected chi connectivity index (χ1v) is 9.04. The third-order valence-electron chi connectivity index (χ3n) is 4.56. The van der Waals surface area contributed by atoms with Crippen molar-refractivity contribution in [3.05, 3.63) is 97.1 Å². The van der Waals surface area contributed by atoms with Gasteiger partial charge in [-0.3, -0.25) is 4.98 Å². The molecule has 4 rings (SSSR count). The first-order valence-electron chi connectivity index (χ1n) is 9.04. The molecule has 4 nitrogen and oxygen atoms in total. The molecule has 0 saturated heterocycles. The second kappa shape index (κ2) is 7.98. The number of benzene rings is 2. The second-order valence-electron chi connectivity index (χ2n) is 6.54. The Morgan fingerprint density at radius 1 is 0.815 bits per heavy atom. The first-order chi connectivity index (χ1) is 13.3. The van der Waals surface area contributed by atoms with E-state index in [-0.39, 0.29) is 0 Å². The van der Waals surface area contributed by atoms with Gasteiger partial charge in [0.05, 0.1) is 30.4 Å². The molecule has 1 atom stereocenters. The lowest BCUT2D eigenvalue weighted by Crippen LogP contribution is -2.18. The summed E-state index contributed by atoms with van der Waals surface area (Å²) in [6.07, 6.45) is 5.48. The lowest BCUT2D eigenvalue weighted by atomic mass is 10.0. The van der Waals surface area contributed by atoms with Crippen LogP contribution < -0.4 is 0 Å². The molecular weight excluding hydrogens is 334 g/mol. The van der Waals surface area contributed by atoms with Crippen molar-refractivity contribution >= 4 is 0 Å². The number of aromatic nitrogens is 3. The Bertz CT molecular complexity index is 982. The van der Waals surface area contributed by atoms with Gasteiger partial charge in [0.1, 0.15) is 0 Å². The van der Waals surface area contributed by atoms with Gasteiger partial charge in [-0.2, -0.15) is 0 Å². The second-order valence-corrected chi connectivity index (χ2v) is 6.54. The standard InChI is InChI=1S/C23H21N3O/c27-21(15-18-7-3-1-4-8-18)16-26-17-25-22(19-9-5-2-6-10-19)23(26)20-11-13-24-14-12-20/h1-14,17,21,27H,15-16H2. The van der Waals surface area contributed by atoms with Gasteiger partial charge in [-0.05, 0) is 17.7 Å². The summed E-state index contributed by atoms with van der Waals surface area (Å²) in [6.45, 7) is 0.479. The predicted molar refractivity (Wildman–Crippen MR) is 107 cm³/mol. The minimum absolute atomic E-state index is 0.479. The third kappa shape index (κ3) is 3.96. The highest BCUT2D eigenvalue weighted by atomic mass is 16.3. The van der Waals surface area contributed by atoms with Gasteiger partial charge in [-0.1, -0.05) is 60.7 Å². The highest BCUT2D eigenvalue weighted by Crippen LogP contribution is 2.31. The number of aliphatic hydroxyl groups excluding tert-OH is 1. The van der Waals surface area contributed by atoms with Crippen LogP contribution in [0.25, 0.3) is 22.5 Å². The molecule has 0 spiro atoms. The fraction of sp³-hybridized carbons (Fsp3) is 0.130. The highest BCUT2D eigenvalue weighted by Gasteiger charge is 2.17. The zero-order chi connectivity index (χ0) is 18.5.